The van der Waals surface area contributed by atoms with E-state index in [0.29, 0.717) is 19.1 Å². The van der Waals surface area contributed by atoms with E-state index in [1.54, 1.807) is 11.3 Å². The van der Waals surface area contributed by atoms with E-state index in [4.69, 9.17) is 16.3 Å². The summed E-state index contributed by atoms with van der Waals surface area (Å²) >= 11 is 7.64. The molecular formula is C14H19ClN4OS. The van der Waals surface area contributed by atoms with Gasteiger partial charge >= 0.3 is 6.01 Å². The summed E-state index contributed by atoms with van der Waals surface area (Å²) in [6, 6.07) is 4.44. The standard InChI is InChI=1S/C14H19ClN4OS/c1-4-7-20-13-18-11(15)17-12(19-13)16-9-14(2,3)10-6-5-8-21-10/h5-6,8H,4,7,9H2,1-3H3,(H,16,17,18,19). The smallest absolute Gasteiger partial charge is 0.322 e. The molecule has 0 bridgehead atoms. The third-order valence-corrected chi connectivity index (χ3v) is 4.30. The molecule has 2 aromatic heterocycles. The van der Waals surface area contributed by atoms with Crippen LogP contribution in [0.1, 0.15) is 32.1 Å². The molecule has 0 aliphatic carbocycles. The molecule has 0 aromatic carbocycles. The molecule has 21 heavy (non-hydrogen) atoms. The summed E-state index contributed by atoms with van der Waals surface area (Å²) in [5.74, 6) is 0.436. The van der Waals surface area contributed by atoms with Gasteiger partial charge in [0.05, 0.1) is 6.61 Å². The second kappa shape index (κ2) is 7.04. The maximum absolute atomic E-state index is 5.90. The molecule has 1 N–H and O–H groups in total. The first-order valence-electron chi connectivity index (χ1n) is 6.83. The van der Waals surface area contributed by atoms with Crippen molar-refractivity contribution in [2.45, 2.75) is 32.6 Å². The van der Waals surface area contributed by atoms with Crippen molar-refractivity contribution in [3.05, 3.63) is 27.7 Å². The van der Waals surface area contributed by atoms with Crippen molar-refractivity contribution in [3.63, 3.8) is 0 Å². The molecule has 0 aliphatic heterocycles. The van der Waals surface area contributed by atoms with Crippen LogP contribution in [0.4, 0.5) is 5.95 Å². The molecule has 0 atom stereocenters. The predicted molar refractivity (Wildman–Crippen MR) is 86.5 cm³/mol. The fourth-order valence-electron chi connectivity index (χ4n) is 1.72. The Labute approximate surface area is 133 Å². The van der Waals surface area contributed by atoms with E-state index in [9.17, 15) is 0 Å². The zero-order valence-electron chi connectivity index (χ0n) is 12.4. The van der Waals surface area contributed by atoms with E-state index >= 15 is 0 Å². The predicted octanol–water partition coefficient (Wildman–Crippen LogP) is 3.77. The Hall–Kier alpha value is -1.40. The van der Waals surface area contributed by atoms with Crippen molar-refractivity contribution in [2.75, 3.05) is 18.5 Å². The van der Waals surface area contributed by atoms with Crippen LogP contribution in [0, 0.1) is 0 Å². The highest BCUT2D eigenvalue weighted by molar-refractivity contribution is 7.10. The van der Waals surface area contributed by atoms with Crippen molar-refractivity contribution in [3.8, 4) is 6.01 Å². The summed E-state index contributed by atoms with van der Waals surface area (Å²) in [6.45, 7) is 7.61. The lowest BCUT2D eigenvalue weighted by Gasteiger charge is -2.23. The monoisotopic (exact) mass is 326 g/mol. The van der Waals surface area contributed by atoms with E-state index < -0.39 is 0 Å². The molecule has 0 unspecified atom stereocenters. The molecular weight excluding hydrogens is 308 g/mol. The number of nitrogens with zero attached hydrogens (tertiary/aromatic N) is 3. The summed E-state index contributed by atoms with van der Waals surface area (Å²) in [5.41, 5.74) is -0.0162. The Morgan fingerprint density at radius 3 is 2.81 bits per heavy atom. The second-order valence-corrected chi connectivity index (χ2v) is 6.56. The van der Waals surface area contributed by atoms with Gasteiger partial charge in [0.25, 0.3) is 0 Å². The van der Waals surface area contributed by atoms with Gasteiger partial charge in [-0.3, -0.25) is 0 Å². The number of halogens is 1. The number of aromatic nitrogens is 3. The summed E-state index contributed by atoms with van der Waals surface area (Å²) in [6.07, 6.45) is 0.886. The SMILES string of the molecule is CCCOc1nc(Cl)nc(NCC(C)(C)c2cccs2)n1. The highest BCUT2D eigenvalue weighted by Gasteiger charge is 2.22. The largest absolute Gasteiger partial charge is 0.463 e. The molecule has 0 spiro atoms. The average Bonchev–Trinajstić information content (AvgIpc) is 2.97. The van der Waals surface area contributed by atoms with E-state index in [0.717, 1.165) is 6.42 Å². The lowest BCUT2D eigenvalue weighted by Crippen LogP contribution is -2.27. The van der Waals surface area contributed by atoms with Crippen molar-refractivity contribution in [1.82, 2.24) is 15.0 Å². The lowest BCUT2D eigenvalue weighted by molar-refractivity contribution is 0.291. The van der Waals surface area contributed by atoms with Gasteiger partial charge in [-0.1, -0.05) is 26.8 Å². The van der Waals surface area contributed by atoms with E-state index in [1.165, 1.54) is 4.88 Å². The number of hydrogen-bond acceptors (Lipinski definition) is 6. The van der Waals surface area contributed by atoms with Gasteiger partial charge in [-0.15, -0.1) is 11.3 Å². The normalized spacial score (nSPS) is 11.4. The Balaban J connectivity index is 2.04. The summed E-state index contributed by atoms with van der Waals surface area (Å²) in [5, 5.41) is 5.42. The van der Waals surface area contributed by atoms with Gasteiger partial charge in [-0.25, -0.2) is 0 Å². The topological polar surface area (TPSA) is 59.9 Å². The Morgan fingerprint density at radius 2 is 2.14 bits per heavy atom. The number of rotatable bonds is 7. The fourth-order valence-corrected chi connectivity index (χ4v) is 2.72. The van der Waals surface area contributed by atoms with Crippen LogP contribution in [0.25, 0.3) is 0 Å². The summed E-state index contributed by atoms with van der Waals surface area (Å²) < 4.78 is 5.40. The minimum absolute atomic E-state index is 0.0162. The van der Waals surface area contributed by atoms with Gasteiger partial charge in [-0.05, 0) is 29.5 Å². The first-order valence-corrected chi connectivity index (χ1v) is 8.09. The molecule has 2 rings (SSSR count). The van der Waals surface area contributed by atoms with Crippen molar-refractivity contribution < 1.29 is 4.74 Å². The quantitative estimate of drug-likeness (QED) is 0.839. The zero-order valence-corrected chi connectivity index (χ0v) is 14.0. The zero-order chi connectivity index (χ0) is 15.3. The van der Waals surface area contributed by atoms with Crippen LogP contribution in [0.15, 0.2) is 17.5 Å². The maximum Gasteiger partial charge on any atom is 0.322 e. The fraction of sp³-hybridized carbons (Fsp3) is 0.500. The highest BCUT2D eigenvalue weighted by atomic mass is 35.5. The van der Waals surface area contributed by atoms with Crippen LogP contribution in [-0.4, -0.2) is 28.1 Å². The van der Waals surface area contributed by atoms with Gasteiger partial charge in [0.2, 0.25) is 11.2 Å². The van der Waals surface area contributed by atoms with Gasteiger partial charge in [0.1, 0.15) is 0 Å². The summed E-state index contributed by atoms with van der Waals surface area (Å²) in [7, 11) is 0. The molecule has 7 heteroatoms. The van der Waals surface area contributed by atoms with Gasteiger partial charge < -0.3 is 10.1 Å². The number of nitrogens with one attached hydrogen (secondary N) is 1. The number of ether oxygens (including phenoxy) is 1. The van der Waals surface area contributed by atoms with Crippen LogP contribution in [0.5, 0.6) is 6.01 Å². The lowest BCUT2D eigenvalue weighted by atomic mass is 9.91. The third-order valence-electron chi connectivity index (χ3n) is 2.90. The minimum Gasteiger partial charge on any atom is -0.463 e. The first kappa shape index (κ1) is 16.0. The molecule has 0 radical (unpaired) electrons. The Kier molecular flexibility index (Phi) is 5.36. The molecule has 0 amide bonds. The molecule has 114 valence electrons. The third kappa shape index (κ3) is 4.54. The van der Waals surface area contributed by atoms with Crippen molar-refractivity contribution in [2.24, 2.45) is 0 Å². The van der Waals surface area contributed by atoms with Crippen LogP contribution in [0.2, 0.25) is 5.28 Å². The number of anilines is 1. The highest BCUT2D eigenvalue weighted by Crippen LogP contribution is 2.27. The molecule has 0 fully saturated rings. The maximum atomic E-state index is 5.90. The number of hydrogen-bond donors (Lipinski definition) is 1. The van der Waals surface area contributed by atoms with E-state index in [2.05, 4.69) is 51.6 Å². The summed E-state index contributed by atoms with van der Waals surface area (Å²) in [4.78, 5) is 13.6. The van der Waals surface area contributed by atoms with E-state index in [-0.39, 0.29) is 16.7 Å². The Bertz CT molecular complexity index is 574. The minimum atomic E-state index is -0.0162. The van der Waals surface area contributed by atoms with Gasteiger partial charge in [0.15, 0.2) is 0 Å². The molecule has 2 aromatic rings. The first-order chi connectivity index (χ1) is 10.0. The molecule has 5 nitrogen and oxygen atoms in total. The molecule has 0 saturated heterocycles. The van der Waals surface area contributed by atoms with E-state index in [1.807, 2.05) is 6.92 Å². The van der Waals surface area contributed by atoms with Crippen LogP contribution in [0.3, 0.4) is 0 Å². The van der Waals surface area contributed by atoms with Gasteiger partial charge in [-0.2, -0.15) is 15.0 Å². The van der Waals surface area contributed by atoms with Crippen LogP contribution >= 0.6 is 22.9 Å². The molecule has 0 saturated carbocycles. The molecule has 2 heterocycles. The second-order valence-electron chi connectivity index (χ2n) is 5.27. The van der Waals surface area contributed by atoms with Crippen LogP contribution < -0.4 is 10.1 Å². The van der Waals surface area contributed by atoms with Crippen molar-refractivity contribution >= 4 is 28.9 Å². The molecule has 0 aliphatic rings. The Morgan fingerprint density at radius 1 is 1.33 bits per heavy atom. The van der Waals surface area contributed by atoms with Gasteiger partial charge in [0, 0.05) is 16.8 Å². The average molecular weight is 327 g/mol. The number of thiophene rings is 1. The van der Waals surface area contributed by atoms with Crippen LogP contribution in [-0.2, 0) is 5.41 Å². The van der Waals surface area contributed by atoms with Crippen molar-refractivity contribution in [1.29, 1.82) is 0 Å².